The third kappa shape index (κ3) is 3.17. The largest absolute Gasteiger partial charge is 0.392 e. The zero-order chi connectivity index (χ0) is 14.8. The second-order valence-corrected chi connectivity index (χ2v) is 7.50. The minimum Gasteiger partial charge on any atom is -0.392 e. The van der Waals surface area contributed by atoms with Crippen molar-refractivity contribution >= 4 is 21.6 Å². The van der Waals surface area contributed by atoms with Gasteiger partial charge in [0.05, 0.1) is 11.6 Å². The van der Waals surface area contributed by atoms with Gasteiger partial charge in [0.2, 0.25) is 10.0 Å². The highest BCUT2D eigenvalue weighted by atomic mass is 35.5. The fraction of sp³-hybridized carbons (Fsp3) is 0.571. The molecule has 0 amide bonds. The van der Waals surface area contributed by atoms with Crippen LogP contribution in [0.5, 0.6) is 0 Å². The standard InChI is InChI=1S/C14H20ClNO3S/c1-11-5-3-2-4-8-16(11)20(18,19)14-9-12(10-17)6-7-13(14)15/h6-7,9,11,17H,2-5,8,10H2,1H3. The summed E-state index contributed by atoms with van der Waals surface area (Å²) in [6.45, 7) is 2.27. The molecule has 20 heavy (non-hydrogen) atoms. The van der Waals surface area contributed by atoms with Crippen molar-refractivity contribution in [2.24, 2.45) is 0 Å². The van der Waals surface area contributed by atoms with E-state index in [0.29, 0.717) is 12.1 Å². The van der Waals surface area contributed by atoms with Crippen LogP contribution in [-0.2, 0) is 16.6 Å². The fourth-order valence-corrected chi connectivity index (χ4v) is 4.80. The molecule has 112 valence electrons. The molecule has 0 saturated carbocycles. The Kier molecular flexibility index (Phi) is 5.07. The van der Waals surface area contributed by atoms with E-state index in [1.165, 1.54) is 12.1 Å². The molecule has 0 bridgehead atoms. The molecule has 1 atom stereocenters. The van der Waals surface area contributed by atoms with Crippen LogP contribution in [-0.4, -0.2) is 30.4 Å². The second kappa shape index (κ2) is 6.43. The number of nitrogens with zero attached hydrogens (tertiary/aromatic N) is 1. The van der Waals surface area contributed by atoms with Crippen molar-refractivity contribution in [1.82, 2.24) is 4.31 Å². The number of rotatable bonds is 3. The van der Waals surface area contributed by atoms with Crippen LogP contribution >= 0.6 is 11.6 Å². The number of sulfonamides is 1. The smallest absolute Gasteiger partial charge is 0.244 e. The Morgan fingerprint density at radius 1 is 1.35 bits per heavy atom. The summed E-state index contributed by atoms with van der Waals surface area (Å²) < 4.78 is 27.1. The average molecular weight is 318 g/mol. The molecule has 4 nitrogen and oxygen atoms in total. The van der Waals surface area contributed by atoms with Gasteiger partial charge in [-0.1, -0.05) is 30.5 Å². The summed E-state index contributed by atoms with van der Waals surface area (Å²) in [5, 5.41) is 9.38. The summed E-state index contributed by atoms with van der Waals surface area (Å²) in [7, 11) is -3.61. The van der Waals surface area contributed by atoms with Crippen LogP contribution in [0.4, 0.5) is 0 Å². The Hall–Kier alpha value is -0.620. The first-order chi connectivity index (χ1) is 9.46. The molecule has 0 spiro atoms. The van der Waals surface area contributed by atoms with E-state index in [9.17, 15) is 13.5 Å². The van der Waals surface area contributed by atoms with E-state index in [1.54, 1.807) is 10.4 Å². The Bertz CT molecular complexity index is 574. The van der Waals surface area contributed by atoms with E-state index in [2.05, 4.69) is 0 Å². The van der Waals surface area contributed by atoms with Crippen LogP contribution in [0.3, 0.4) is 0 Å². The number of aliphatic hydroxyl groups excluding tert-OH is 1. The van der Waals surface area contributed by atoms with Crippen molar-refractivity contribution in [3.63, 3.8) is 0 Å². The molecular formula is C14H20ClNO3S. The van der Waals surface area contributed by atoms with Gasteiger partial charge >= 0.3 is 0 Å². The third-order valence-electron chi connectivity index (χ3n) is 3.76. The van der Waals surface area contributed by atoms with E-state index in [0.717, 1.165) is 25.7 Å². The van der Waals surface area contributed by atoms with Crippen molar-refractivity contribution in [1.29, 1.82) is 0 Å². The Labute approximate surface area is 125 Å². The molecule has 0 radical (unpaired) electrons. The highest BCUT2D eigenvalue weighted by molar-refractivity contribution is 7.89. The zero-order valence-electron chi connectivity index (χ0n) is 11.5. The monoisotopic (exact) mass is 317 g/mol. The molecule has 1 aromatic carbocycles. The lowest BCUT2D eigenvalue weighted by Gasteiger charge is -2.26. The van der Waals surface area contributed by atoms with Gasteiger partial charge in [-0.2, -0.15) is 4.31 Å². The summed E-state index contributed by atoms with van der Waals surface area (Å²) in [4.78, 5) is 0.0967. The molecule has 1 heterocycles. The lowest BCUT2D eigenvalue weighted by atomic mass is 10.1. The second-order valence-electron chi connectivity index (χ2n) is 5.24. The fourth-order valence-electron chi connectivity index (χ4n) is 2.58. The maximum Gasteiger partial charge on any atom is 0.244 e. The molecule has 1 aliphatic heterocycles. The normalized spacial score (nSPS) is 21.6. The quantitative estimate of drug-likeness (QED) is 0.932. The Morgan fingerprint density at radius 2 is 2.10 bits per heavy atom. The summed E-state index contributed by atoms with van der Waals surface area (Å²) in [6.07, 6.45) is 3.86. The third-order valence-corrected chi connectivity index (χ3v) is 6.25. The van der Waals surface area contributed by atoms with Gasteiger partial charge in [-0.25, -0.2) is 8.42 Å². The molecule has 1 aliphatic rings. The average Bonchev–Trinajstić information content (AvgIpc) is 2.64. The lowest BCUT2D eigenvalue weighted by Crippen LogP contribution is -2.38. The first-order valence-corrected chi connectivity index (χ1v) is 8.69. The number of aliphatic hydroxyl groups is 1. The number of hydrogen-bond donors (Lipinski definition) is 1. The molecule has 1 unspecified atom stereocenters. The summed E-state index contributed by atoms with van der Waals surface area (Å²) in [5.74, 6) is 0. The minimum absolute atomic E-state index is 0.0173. The predicted molar refractivity (Wildman–Crippen MR) is 79.2 cm³/mol. The van der Waals surface area contributed by atoms with Gasteiger partial charge in [-0.3, -0.25) is 0 Å². The van der Waals surface area contributed by atoms with E-state index in [-0.39, 0.29) is 22.6 Å². The first-order valence-electron chi connectivity index (χ1n) is 6.88. The number of halogens is 1. The molecule has 0 aliphatic carbocycles. The Morgan fingerprint density at radius 3 is 2.80 bits per heavy atom. The highest BCUT2D eigenvalue weighted by Gasteiger charge is 2.31. The molecule has 1 fully saturated rings. The van der Waals surface area contributed by atoms with Crippen LogP contribution in [0, 0.1) is 0 Å². The van der Waals surface area contributed by atoms with Gasteiger partial charge in [-0.05, 0) is 37.5 Å². The maximum atomic E-state index is 12.8. The first kappa shape index (κ1) is 15.8. The molecule has 0 aromatic heterocycles. The van der Waals surface area contributed by atoms with Crippen molar-refractivity contribution in [2.75, 3.05) is 6.54 Å². The van der Waals surface area contributed by atoms with E-state index < -0.39 is 10.0 Å². The Balaban J connectivity index is 2.43. The van der Waals surface area contributed by atoms with Crippen molar-refractivity contribution < 1.29 is 13.5 Å². The molecule has 1 aromatic rings. The summed E-state index contributed by atoms with van der Waals surface area (Å²) >= 11 is 6.06. The van der Waals surface area contributed by atoms with Crippen molar-refractivity contribution in [3.8, 4) is 0 Å². The summed E-state index contributed by atoms with van der Waals surface area (Å²) in [6, 6.07) is 4.61. The van der Waals surface area contributed by atoms with Crippen LogP contribution in [0.2, 0.25) is 5.02 Å². The molecule has 1 saturated heterocycles. The minimum atomic E-state index is -3.61. The SMILES string of the molecule is CC1CCCCCN1S(=O)(=O)c1cc(CO)ccc1Cl. The van der Waals surface area contributed by atoms with E-state index in [4.69, 9.17) is 11.6 Å². The topological polar surface area (TPSA) is 57.6 Å². The van der Waals surface area contributed by atoms with Gasteiger partial charge in [0.25, 0.3) is 0 Å². The van der Waals surface area contributed by atoms with Gasteiger partial charge in [0.15, 0.2) is 0 Å². The number of hydrogen-bond acceptors (Lipinski definition) is 3. The van der Waals surface area contributed by atoms with Gasteiger partial charge in [0, 0.05) is 12.6 Å². The van der Waals surface area contributed by atoms with Gasteiger partial charge in [0.1, 0.15) is 4.90 Å². The highest BCUT2D eigenvalue weighted by Crippen LogP contribution is 2.29. The van der Waals surface area contributed by atoms with Gasteiger partial charge < -0.3 is 5.11 Å². The maximum absolute atomic E-state index is 12.8. The zero-order valence-corrected chi connectivity index (χ0v) is 13.1. The molecular weight excluding hydrogens is 298 g/mol. The van der Waals surface area contributed by atoms with Crippen LogP contribution < -0.4 is 0 Å². The summed E-state index contributed by atoms with van der Waals surface area (Å²) in [5.41, 5.74) is 0.551. The van der Waals surface area contributed by atoms with Crippen molar-refractivity contribution in [2.45, 2.75) is 50.2 Å². The molecule has 6 heteroatoms. The van der Waals surface area contributed by atoms with Gasteiger partial charge in [-0.15, -0.1) is 0 Å². The molecule has 2 rings (SSSR count). The van der Waals surface area contributed by atoms with E-state index >= 15 is 0 Å². The predicted octanol–water partition coefficient (Wildman–Crippen LogP) is 2.79. The van der Waals surface area contributed by atoms with Crippen molar-refractivity contribution in [3.05, 3.63) is 28.8 Å². The van der Waals surface area contributed by atoms with Crippen LogP contribution in [0.25, 0.3) is 0 Å². The lowest BCUT2D eigenvalue weighted by molar-refractivity contribution is 0.281. The number of benzene rings is 1. The van der Waals surface area contributed by atoms with Crippen LogP contribution in [0.15, 0.2) is 23.1 Å². The van der Waals surface area contributed by atoms with Crippen LogP contribution in [0.1, 0.15) is 38.2 Å². The molecule has 1 N–H and O–H groups in total. The van der Waals surface area contributed by atoms with E-state index in [1.807, 2.05) is 6.92 Å².